The Morgan fingerprint density at radius 2 is 0.700 bits per heavy atom. The summed E-state index contributed by atoms with van der Waals surface area (Å²) in [5.74, 6) is -0.297. The van der Waals surface area contributed by atoms with E-state index in [1.165, 1.54) is 135 Å². The van der Waals surface area contributed by atoms with Gasteiger partial charge in [-0.3, -0.25) is 4.79 Å². The lowest BCUT2D eigenvalue weighted by atomic mass is 9.96. The van der Waals surface area contributed by atoms with E-state index in [1.807, 2.05) is 6.08 Å². The lowest BCUT2D eigenvalue weighted by Gasteiger charge is -2.48. The van der Waals surface area contributed by atoms with Gasteiger partial charge in [0.2, 0.25) is 5.91 Å². The van der Waals surface area contributed by atoms with Gasteiger partial charge in [0.15, 0.2) is 18.9 Å². The number of carbonyl (C=O) groups is 1. The Morgan fingerprint density at radius 3 is 1.12 bits per heavy atom. The van der Waals surface area contributed by atoms with Crippen LogP contribution in [0.1, 0.15) is 264 Å². The number of hydrogen-bond acceptors (Lipinski definition) is 18. The number of aliphatic hydroxyl groups excluding tert-OH is 11. The quantitative estimate of drug-likeness (QED) is 0.0199. The van der Waals surface area contributed by atoms with Crippen LogP contribution in [0.2, 0.25) is 0 Å². The molecule has 100 heavy (non-hydrogen) atoms. The van der Waals surface area contributed by atoms with E-state index in [0.717, 1.165) is 96.3 Å². The number of ether oxygens (including phenoxy) is 6. The van der Waals surface area contributed by atoms with Crippen molar-refractivity contribution in [1.82, 2.24) is 5.32 Å². The Balaban J connectivity index is 1.42. The van der Waals surface area contributed by atoms with E-state index in [0.29, 0.717) is 12.8 Å². The van der Waals surface area contributed by atoms with Crippen LogP contribution in [0.15, 0.2) is 109 Å². The fraction of sp³-hybridized carbons (Fsp3) is 0.765. The molecule has 0 bridgehead atoms. The van der Waals surface area contributed by atoms with Gasteiger partial charge in [0.05, 0.1) is 38.6 Å². The molecule has 0 aromatic carbocycles. The smallest absolute Gasteiger partial charge is 0.220 e. The van der Waals surface area contributed by atoms with Crippen molar-refractivity contribution in [1.29, 1.82) is 0 Å². The molecule has 17 atom stereocenters. The first-order valence-corrected chi connectivity index (χ1v) is 39.1. The molecule has 1 amide bonds. The van der Waals surface area contributed by atoms with Gasteiger partial charge in [-0.1, -0.05) is 271 Å². The third kappa shape index (κ3) is 40.6. The highest BCUT2D eigenvalue weighted by molar-refractivity contribution is 5.76. The van der Waals surface area contributed by atoms with E-state index in [4.69, 9.17) is 28.4 Å². The van der Waals surface area contributed by atoms with Crippen LogP contribution in [0.4, 0.5) is 0 Å². The van der Waals surface area contributed by atoms with Crippen LogP contribution in [-0.2, 0) is 33.2 Å². The SMILES string of the molecule is CC/C=C\C/C=C\C/C=C\C/C=C\C/C=C\C/C=C\CCCCCCCCCCCCC(=O)NC(COC1OC(CO)C(OC2OC(CO)C(OC3OC(CO)C(O)C(O)C3O)C(O)C2O)C(O)C1O)C(O)/C=C/CC/C=C/CC/C=C/CCCCCCCCCCCCCCCCCC. The minimum atomic E-state index is -1.99. The average molecular weight is 1410 g/mol. The molecule has 0 radical (unpaired) electrons. The molecule has 3 rings (SSSR count). The number of rotatable bonds is 60. The summed E-state index contributed by atoms with van der Waals surface area (Å²) in [6, 6.07) is -1.01. The van der Waals surface area contributed by atoms with Crippen molar-refractivity contribution in [3.05, 3.63) is 109 Å². The number of unbranched alkanes of at least 4 members (excludes halogenated alkanes) is 28. The predicted octanol–water partition coefficient (Wildman–Crippen LogP) is 12.6. The number of aliphatic hydroxyl groups is 11. The van der Waals surface area contributed by atoms with Gasteiger partial charge < -0.3 is 89.9 Å². The summed E-state index contributed by atoms with van der Waals surface area (Å²) in [6.07, 6.45) is 56.4. The van der Waals surface area contributed by atoms with Crippen molar-refractivity contribution in [2.75, 3.05) is 26.4 Å². The van der Waals surface area contributed by atoms with Gasteiger partial charge in [-0.15, -0.1) is 0 Å². The van der Waals surface area contributed by atoms with Gasteiger partial charge in [-0.05, 0) is 96.3 Å². The molecule has 0 aliphatic carbocycles. The highest BCUT2D eigenvalue weighted by atomic mass is 16.8. The van der Waals surface area contributed by atoms with Gasteiger partial charge in [0.25, 0.3) is 0 Å². The Kier molecular flexibility index (Phi) is 55.0. The maximum absolute atomic E-state index is 13.5. The van der Waals surface area contributed by atoms with Crippen molar-refractivity contribution < 1.29 is 89.4 Å². The van der Waals surface area contributed by atoms with E-state index in [9.17, 15) is 61.0 Å². The number of allylic oxidation sites excluding steroid dienone is 17. The zero-order valence-corrected chi connectivity index (χ0v) is 61.4. The first-order chi connectivity index (χ1) is 48.8. The summed E-state index contributed by atoms with van der Waals surface area (Å²) in [4.78, 5) is 13.5. The van der Waals surface area contributed by atoms with E-state index in [-0.39, 0.29) is 18.9 Å². The zero-order valence-electron chi connectivity index (χ0n) is 61.4. The molecule has 17 unspecified atom stereocenters. The van der Waals surface area contributed by atoms with E-state index < -0.39 is 124 Å². The van der Waals surface area contributed by atoms with Crippen LogP contribution in [0.3, 0.4) is 0 Å². The lowest BCUT2D eigenvalue weighted by molar-refractivity contribution is -0.379. The largest absolute Gasteiger partial charge is 0.394 e. The second kappa shape index (κ2) is 60.7. The molecule has 3 fully saturated rings. The highest BCUT2D eigenvalue weighted by Gasteiger charge is 2.53. The highest BCUT2D eigenvalue weighted by Crippen LogP contribution is 2.33. The topological polar surface area (TPSA) is 307 Å². The summed E-state index contributed by atoms with van der Waals surface area (Å²) in [5, 5.41) is 121. The minimum Gasteiger partial charge on any atom is -0.394 e. The lowest BCUT2D eigenvalue weighted by Crippen LogP contribution is -2.66. The van der Waals surface area contributed by atoms with Crippen molar-refractivity contribution in [3.8, 4) is 0 Å². The Hall–Kier alpha value is -3.55. The second-order valence-electron chi connectivity index (χ2n) is 27.4. The standard InChI is InChI=1S/C81H139NO18/c1-3-5-7-9-11-13-15-17-19-21-23-25-27-29-31-32-33-35-37-39-41-43-45-47-49-51-53-55-57-59-69(87)82-64(65(86)58-56-54-52-50-48-46-44-42-40-38-36-34-30-28-26-24-22-20-18-16-14-12-10-8-6-4-2)63-95-79-75(93)72(90)77(67(61-84)97-79)100-81-76(94)73(91)78(68(62-85)98-81)99-80-74(92)71(89)70(88)66(60-83)96-80/h5,7,11,13,17,19,23,25,29,31,33,35,40,42,48,50,56,58,64-68,70-81,83-86,88-94H,3-4,6,8-10,12,14-16,18,20-22,24,26-28,30,32,34,36-39,41,43-47,49,51-55,57,59-63H2,1-2H3,(H,82,87)/b7-5-,13-11-,19-17-,25-23-,31-29-,35-33-,42-40+,50-48+,58-56+. The summed E-state index contributed by atoms with van der Waals surface area (Å²) in [7, 11) is 0. The van der Waals surface area contributed by atoms with Gasteiger partial charge in [-0.2, -0.15) is 0 Å². The summed E-state index contributed by atoms with van der Waals surface area (Å²) in [6.45, 7) is 1.60. The van der Waals surface area contributed by atoms with E-state index in [1.54, 1.807) is 6.08 Å². The van der Waals surface area contributed by atoms with Crippen molar-refractivity contribution in [3.63, 3.8) is 0 Å². The second-order valence-corrected chi connectivity index (χ2v) is 27.4. The minimum absolute atomic E-state index is 0.220. The molecule has 3 saturated heterocycles. The van der Waals surface area contributed by atoms with Crippen LogP contribution >= 0.6 is 0 Å². The fourth-order valence-electron chi connectivity index (χ4n) is 12.5. The zero-order chi connectivity index (χ0) is 72.5. The van der Waals surface area contributed by atoms with E-state index in [2.05, 4.69) is 116 Å². The summed E-state index contributed by atoms with van der Waals surface area (Å²) < 4.78 is 34.4. The molecule has 12 N–H and O–H groups in total. The molecule has 3 heterocycles. The molecule has 0 aromatic heterocycles. The van der Waals surface area contributed by atoms with Crippen LogP contribution in [-0.4, -0.2) is 193 Å². The predicted molar refractivity (Wildman–Crippen MR) is 397 cm³/mol. The Morgan fingerprint density at radius 1 is 0.370 bits per heavy atom. The molecule has 0 spiro atoms. The van der Waals surface area contributed by atoms with Crippen LogP contribution in [0.5, 0.6) is 0 Å². The number of hydrogen-bond donors (Lipinski definition) is 12. The van der Waals surface area contributed by atoms with Crippen molar-refractivity contribution >= 4 is 5.91 Å². The third-order valence-electron chi connectivity index (χ3n) is 18.8. The number of nitrogens with one attached hydrogen (secondary N) is 1. The first kappa shape index (κ1) is 90.7. The van der Waals surface area contributed by atoms with Gasteiger partial charge in [0, 0.05) is 6.42 Å². The molecular formula is C81H139NO18. The molecule has 0 saturated carbocycles. The fourth-order valence-corrected chi connectivity index (χ4v) is 12.5. The Labute approximate surface area is 602 Å². The summed E-state index contributed by atoms with van der Waals surface area (Å²) in [5.41, 5.74) is 0. The maximum atomic E-state index is 13.5. The van der Waals surface area contributed by atoms with Crippen molar-refractivity contribution in [2.45, 2.75) is 369 Å². The van der Waals surface area contributed by atoms with Gasteiger partial charge in [0.1, 0.15) is 73.2 Å². The van der Waals surface area contributed by atoms with E-state index >= 15 is 0 Å². The third-order valence-corrected chi connectivity index (χ3v) is 18.8. The normalized spacial score (nSPS) is 27.1. The van der Waals surface area contributed by atoms with Gasteiger partial charge >= 0.3 is 0 Å². The molecule has 0 aromatic rings. The molecule has 3 aliphatic rings. The van der Waals surface area contributed by atoms with Crippen LogP contribution in [0.25, 0.3) is 0 Å². The Bertz CT molecular complexity index is 2230. The molecule has 576 valence electrons. The van der Waals surface area contributed by atoms with Crippen LogP contribution < -0.4 is 5.32 Å². The number of carbonyl (C=O) groups excluding carboxylic acids is 1. The number of amides is 1. The van der Waals surface area contributed by atoms with Gasteiger partial charge in [-0.25, -0.2) is 0 Å². The average Bonchev–Trinajstić information content (AvgIpc) is 0.783. The van der Waals surface area contributed by atoms with Crippen molar-refractivity contribution in [2.24, 2.45) is 0 Å². The molecule has 19 heteroatoms. The molecular weight excluding hydrogens is 1270 g/mol. The maximum Gasteiger partial charge on any atom is 0.220 e. The summed E-state index contributed by atoms with van der Waals surface area (Å²) >= 11 is 0. The molecule has 19 nitrogen and oxygen atoms in total. The molecule has 3 aliphatic heterocycles. The first-order valence-electron chi connectivity index (χ1n) is 39.1. The van der Waals surface area contributed by atoms with Crippen LogP contribution in [0, 0.1) is 0 Å². The monoisotopic (exact) mass is 1410 g/mol.